The fourth-order valence-corrected chi connectivity index (χ4v) is 3.07. The minimum atomic E-state index is -0.647. The van der Waals surface area contributed by atoms with E-state index in [1.54, 1.807) is 54.0 Å². The third kappa shape index (κ3) is 4.60. The Morgan fingerprint density at radius 2 is 1.66 bits per heavy atom. The molecule has 0 saturated carbocycles. The van der Waals surface area contributed by atoms with Crippen LogP contribution in [0.4, 0.5) is 0 Å². The Bertz CT molecular complexity index is 1040. The summed E-state index contributed by atoms with van der Waals surface area (Å²) in [4.78, 5) is 35.9. The Labute approximate surface area is 168 Å². The summed E-state index contributed by atoms with van der Waals surface area (Å²) >= 11 is 0. The van der Waals surface area contributed by atoms with E-state index in [1.807, 2.05) is 25.1 Å². The van der Waals surface area contributed by atoms with Crippen LogP contribution in [0.15, 0.2) is 60.7 Å². The first-order valence-electron chi connectivity index (χ1n) is 9.14. The third-order valence-corrected chi connectivity index (χ3v) is 4.54. The number of esters is 1. The van der Waals surface area contributed by atoms with Crippen LogP contribution in [0.25, 0.3) is 0 Å². The first kappa shape index (κ1) is 20.1. The van der Waals surface area contributed by atoms with E-state index in [9.17, 15) is 14.4 Å². The molecule has 0 saturated heterocycles. The molecule has 6 nitrogen and oxygen atoms in total. The molecule has 0 aliphatic carbocycles. The summed E-state index contributed by atoms with van der Waals surface area (Å²) in [7, 11) is 0. The number of ether oxygens (including phenoxy) is 2. The highest BCUT2D eigenvalue weighted by Gasteiger charge is 2.19. The van der Waals surface area contributed by atoms with E-state index in [2.05, 4.69) is 0 Å². The quantitative estimate of drug-likeness (QED) is 0.328. The molecule has 29 heavy (non-hydrogen) atoms. The Morgan fingerprint density at radius 1 is 0.966 bits per heavy atom. The number of Topliss-reactive ketones (excluding diaryl/α,β-unsaturated/α-hetero) is 1. The first-order chi connectivity index (χ1) is 14.0. The summed E-state index contributed by atoms with van der Waals surface area (Å²) in [5.74, 6) is -0.0385. The maximum absolute atomic E-state index is 12.5. The van der Waals surface area contributed by atoms with Crippen LogP contribution in [0, 0.1) is 13.8 Å². The summed E-state index contributed by atoms with van der Waals surface area (Å²) in [5.41, 5.74) is 2.14. The molecule has 3 rings (SSSR count). The number of carbonyl (C=O) groups excluding carboxylic acids is 3. The van der Waals surface area contributed by atoms with E-state index >= 15 is 0 Å². The number of aromatic nitrogens is 1. The molecular formula is C23H21NO5. The predicted octanol–water partition coefficient (Wildman–Crippen LogP) is 4.14. The normalized spacial score (nSPS) is 10.4. The lowest BCUT2D eigenvalue weighted by Gasteiger charge is -2.11. The van der Waals surface area contributed by atoms with Gasteiger partial charge in [-0.25, -0.2) is 4.79 Å². The number of carbonyl (C=O) groups is 3. The largest absolute Gasteiger partial charge is 0.456 e. The highest BCUT2D eigenvalue weighted by atomic mass is 16.5. The first-order valence-corrected chi connectivity index (χ1v) is 9.14. The molecule has 3 aromatic rings. The van der Waals surface area contributed by atoms with Gasteiger partial charge in [0, 0.05) is 17.0 Å². The molecule has 0 radical (unpaired) electrons. The monoisotopic (exact) mass is 391 g/mol. The molecule has 0 bridgehead atoms. The third-order valence-electron chi connectivity index (χ3n) is 4.54. The van der Waals surface area contributed by atoms with Gasteiger partial charge in [-0.05, 0) is 44.2 Å². The smallest absolute Gasteiger partial charge is 0.342 e. The number of rotatable bonds is 8. The fourth-order valence-electron chi connectivity index (χ4n) is 3.07. The van der Waals surface area contributed by atoms with Gasteiger partial charge in [0.05, 0.1) is 6.54 Å². The van der Waals surface area contributed by atoms with Crippen molar-refractivity contribution in [2.45, 2.75) is 20.4 Å². The number of hydrogen-bond acceptors (Lipinski definition) is 5. The Kier molecular flexibility index (Phi) is 6.24. The molecule has 1 aromatic heterocycles. The lowest BCUT2D eigenvalue weighted by atomic mass is 10.1. The van der Waals surface area contributed by atoms with E-state index in [4.69, 9.17) is 9.47 Å². The maximum atomic E-state index is 12.5. The summed E-state index contributed by atoms with van der Waals surface area (Å²) in [6, 6.07) is 17.5. The van der Waals surface area contributed by atoms with E-state index in [-0.39, 0.29) is 17.9 Å². The van der Waals surface area contributed by atoms with E-state index < -0.39 is 12.6 Å². The molecule has 0 N–H and O–H groups in total. The van der Waals surface area contributed by atoms with Crippen LogP contribution >= 0.6 is 0 Å². The van der Waals surface area contributed by atoms with Gasteiger partial charge in [0.1, 0.15) is 23.3 Å². The van der Waals surface area contributed by atoms with Crippen molar-refractivity contribution in [1.82, 2.24) is 4.57 Å². The van der Waals surface area contributed by atoms with Crippen molar-refractivity contribution in [3.63, 3.8) is 0 Å². The van der Waals surface area contributed by atoms with Crippen LogP contribution in [0.1, 0.15) is 32.1 Å². The minimum absolute atomic E-state index is 0.176. The second-order valence-corrected chi connectivity index (χ2v) is 6.47. The summed E-state index contributed by atoms with van der Waals surface area (Å²) in [6.45, 7) is 3.35. The molecule has 6 heteroatoms. The van der Waals surface area contributed by atoms with Crippen LogP contribution in [0.5, 0.6) is 11.5 Å². The molecule has 0 atom stereocenters. The molecule has 0 unspecified atom stereocenters. The van der Waals surface area contributed by atoms with Crippen molar-refractivity contribution in [1.29, 1.82) is 0 Å². The van der Waals surface area contributed by atoms with Crippen LogP contribution in [-0.2, 0) is 16.1 Å². The number of nitrogens with zero attached hydrogens (tertiary/aromatic N) is 1. The van der Waals surface area contributed by atoms with Gasteiger partial charge in [0.15, 0.2) is 6.61 Å². The molecule has 0 amide bonds. The Balaban J connectivity index is 1.71. The van der Waals surface area contributed by atoms with Gasteiger partial charge in [0.2, 0.25) is 5.78 Å². The predicted molar refractivity (Wildman–Crippen MR) is 108 cm³/mol. The van der Waals surface area contributed by atoms with Gasteiger partial charge in [-0.1, -0.05) is 30.3 Å². The standard InChI is InChI=1S/C23H21NO5/c1-16-14-20(17(2)24(16)12-13-25)21(26)15-28-23(27)19-10-6-7-11-22(19)29-18-8-4-3-5-9-18/h3-11,13-14H,12,15H2,1-2H3. The van der Waals surface area contributed by atoms with Crippen molar-refractivity contribution in [3.05, 3.63) is 83.2 Å². The molecular weight excluding hydrogens is 370 g/mol. The average molecular weight is 391 g/mol. The molecule has 0 aliphatic heterocycles. The number of aldehydes is 1. The summed E-state index contributed by atoms with van der Waals surface area (Å²) in [6.07, 6.45) is 0.776. The van der Waals surface area contributed by atoms with E-state index in [1.165, 1.54) is 0 Å². The second kappa shape index (κ2) is 9.01. The summed E-state index contributed by atoms with van der Waals surface area (Å²) in [5, 5.41) is 0. The zero-order chi connectivity index (χ0) is 20.8. The second-order valence-electron chi connectivity index (χ2n) is 6.47. The number of para-hydroxylation sites is 2. The van der Waals surface area contributed by atoms with Gasteiger partial charge < -0.3 is 18.8 Å². The van der Waals surface area contributed by atoms with Gasteiger partial charge in [0.25, 0.3) is 0 Å². The number of hydrogen-bond donors (Lipinski definition) is 0. The van der Waals surface area contributed by atoms with Crippen LogP contribution in [-0.4, -0.2) is 29.2 Å². The topological polar surface area (TPSA) is 74.6 Å². The maximum Gasteiger partial charge on any atom is 0.342 e. The van der Waals surface area contributed by atoms with Crippen LogP contribution < -0.4 is 4.74 Å². The molecule has 0 spiro atoms. The van der Waals surface area contributed by atoms with Crippen molar-refractivity contribution < 1.29 is 23.9 Å². The van der Waals surface area contributed by atoms with Crippen LogP contribution in [0.2, 0.25) is 0 Å². The number of ketones is 1. The SMILES string of the molecule is Cc1cc(C(=O)COC(=O)c2ccccc2Oc2ccccc2)c(C)n1CC=O. The van der Waals surface area contributed by atoms with Gasteiger partial charge in [-0.2, -0.15) is 0 Å². The summed E-state index contributed by atoms with van der Waals surface area (Å²) < 4.78 is 12.7. The van der Waals surface area contributed by atoms with Crippen molar-refractivity contribution in [3.8, 4) is 11.5 Å². The molecule has 0 aliphatic rings. The van der Waals surface area contributed by atoms with Crippen molar-refractivity contribution in [2.24, 2.45) is 0 Å². The van der Waals surface area contributed by atoms with Gasteiger partial charge in [-0.3, -0.25) is 4.79 Å². The molecule has 1 heterocycles. The fraction of sp³-hybridized carbons (Fsp3) is 0.174. The zero-order valence-corrected chi connectivity index (χ0v) is 16.3. The van der Waals surface area contributed by atoms with Gasteiger partial charge >= 0.3 is 5.97 Å². The Morgan fingerprint density at radius 3 is 2.38 bits per heavy atom. The number of aryl methyl sites for hydroxylation is 1. The zero-order valence-electron chi connectivity index (χ0n) is 16.3. The van der Waals surface area contributed by atoms with E-state index in [0.29, 0.717) is 22.8 Å². The lowest BCUT2D eigenvalue weighted by molar-refractivity contribution is -0.108. The van der Waals surface area contributed by atoms with Gasteiger partial charge in [-0.15, -0.1) is 0 Å². The Hall–Kier alpha value is -3.67. The van der Waals surface area contributed by atoms with Crippen LogP contribution in [0.3, 0.4) is 0 Å². The van der Waals surface area contributed by atoms with Crippen molar-refractivity contribution >= 4 is 18.0 Å². The molecule has 2 aromatic carbocycles. The van der Waals surface area contributed by atoms with Crippen molar-refractivity contribution in [2.75, 3.05) is 6.61 Å². The minimum Gasteiger partial charge on any atom is -0.456 e. The number of benzene rings is 2. The average Bonchev–Trinajstić information content (AvgIpc) is 3.01. The highest BCUT2D eigenvalue weighted by molar-refractivity contribution is 6.01. The lowest BCUT2D eigenvalue weighted by Crippen LogP contribution is -2.15. The van der Waals surface area contributed by atoms with E-state index in [0.717, 1.165) is 12.0 Å². The molecule has 148 valence electrons. The molecule has 0 fully saturated rings. The highest BCUT2D eigenvalue weighted by Crippen LogP contribution is 2.25.